The third-order valence-corrected chi connectivity index (χ3v) is 7.80. The van der Waals surface area contributed by atoms with Gasteiger partial charge < -0.3 is 4.89 Å². The van der Waals surface area contributed by atoms with Crippen molar-refractivity contribution in [3.8, 4) is 0 Å². The molecule has 3 nitrogen and oxygen atoms in total. The SMILES string of the molecule is CCCCCCCCCCCC=CCCCCC(CCC)([P+](=O)[O-])[N+](C)(C)C. The van der Waals surface area contributed by atoms with Gasteiger partial charge in [0.05, 0.1) is 21.1 Å². The van der Waals surface area contributed by atoms with Crippen LogP contribution in [0.15, 0.2) is 12.2 Å². The van der Waals surface area contributed by atoms with Crippen LogP contribution in [0.1, 0.15) is 117 Å². The second-order valence-corrected chi connectivity index (χ2v) is 10.7. The zero-order valence-corrected chi connectivity index (χ0v) is 20.6. The topological polar surface area (TPSA) is 40.1 Å². The first-order valence-electron chi connectivity index (χ1n) is 11.9. The predicted octanol–water partition coefficient (Wildman–Crippen LogP) is 7.33. The van der Waals surface area contributed by atoms with E-state index < -0.39 is 13.3 Å². The number of hydrogen-bond donors (Lipinski definition) is 0. The quantitative estimate of drug-likeness (QED) is 0.0960. The first-order valence-corrected chi connectivity index (χ1v) is 13.1. The summed E-state index contributed by atoms with van der Waals surface area (Å²) in [5, 5.41) is -0.607. The van der Waals surface area contributed by atoms with E-state index in [0.29, 0.717) is 4.48 Å². The summed E-state index contributed by atoms with van der Waals surface area (Å²) in [7, 11) is 3.63. The maximum atomic E-state index is 12.0. The lowest BCUT2D eigenvalue weighted by molar-refractivity contribution is -0.910. The van der Waals surface area contributed by atoms with Crippen molar-refractivity contribution < 1.29 is 13.9 Å². The van der Waals surface area contributed by atoms with E-state index in [2.05, 4.69) is 26.0 Å². The van der Waals surface area contributed by atoms with Crippen LogP contribution in [0.5, 0.6) is 0 Å². The molecule has 0 N–H and O–H groups in total. The minimum Gasteiger partial charge on any atom is -0.590 e. The second-order valence-electron chi connectivity index (χ2n) is 9.34. The summed E-state index contributed by atoms with van der Waals surface area (Å²) < 4.78 is 12.6. The normalized spacial score (nSPS) is 15.1. The standard InChI is InChI=1S/C24H49NO2P/c1-6-8-9-10-11-12-13-14-15-16-17-18-19-20-21-23-24(22-7-2,28(26)27)25(3,4)5/h17-18H,6-16,19-23H2,1-5H3/q+1. The highest BCUT2D eigenvalue weighted by Gasteiger charge is 2.53. The molecule has 0 heterocycles. The largest absolute Gasteiger partial charge is 0.590 e. The fourth-order valence-electron chi connectivity index (χ4n) is 4.10. The Morgan fingerprint density at radius 2 is 1.18 bits per heavy atom. The van der Waals surface area contributed by atoms with E-state index in [1.54, 1.807) is 0 Å². The van der Waals surface area contributed by atoms with Gasteiger partial charge in [-0.2, -0.15) is 0 Å². The zero-order valence-electron chi connectivity index (χ0n) is 19.7. The van der Waals surface area contributed by atoms with Crippen LogP contribution in [0, 0.1) is 0 Å². The fraction of sp³-hybridized carbons (Fsp3) is 0.917. The van der Waals surface area contributed by atoms with Crippen molar-refractivity contribution in [1.29, 1.82) is 0 Å². The van der Waals surface area contributed by atoms with Gasteiger partial charge in [0, 0.05) is 12.8 Å². The highest BCUT2D eigenvalue weighted by Crippen LogP contribution is 2.45. The van der Waals surface area contributed by atoms with Gasteiger partial charge in [0.1, 0.15) is 0 Å². The van der Waals surface area contributed by atoms with E-state index in [1.807, 2.05) is 21.1 Å². The van der Waals surface area contributed by atoms with Crippen molar-refractivity contribution in [2.75, 3.05) is 21.1 Å². The molecule has 0 aliphatic carbocycles. The average molecular weight is 415 g/mol. The van der Waals surface area contributed by atoms with Gasteiger partial charge >= 0.3 is 8.03 Å². The molecule has 0 bridgehead atoms. The molecule has 2 unspecified atom stereocenters. The lowest BCUT2D eigenvalue weighted by Crippen LogP contribution is -2.55. The van der Waals surface area contributed by atoms with E-state index in [0.717, 1.165) is 38.5 Å². The Balaban J connectivity index is 3.84. The Morgan fingerprint density at radius 1 is 0.714 bits per heavy atom. The van der Waals surface area contributed by atoms with E-state index in [-0.39, 0.29) is 0 Å². The summed E-state index contributed by atoms with van der Waals surface area (Å²) in [4.78, 5) is 12.0. The molecule has 0 aromatic rings. The third kappa shape index (κ3) is 11.7. The van der Waals surface area contributed by atoms with Crippen LogP contribution in [0.25, 0.3) is 0 Å². The third-order valence-electron chi connectivity index (χ3n) is 6.08. The molecular formula is C24H49NO2P+. The Labute approximate surface area is 177 Å². The molecule has 0 saturated carbocycles. The Hall–Kier alpha value is -0.240. The first-order chi connectivity index (χ1) is 13.3. The van der Waals surface area contributed by atoms with E-state index in [4.69, 9.17) is 0 Å². The molecule has 0 rings (SSSR count). The molecule has 4 heteroatoms. The first kappa shape index (κ1) is 27.8. The molecule has 0 amide bonds. The van der Waals surface area contributed by atoms with Crippen molar-refractivity contribution in [3.63, 3.8) is 0 Å². The number of nitrogens with zero attached hydrogens (tertiary/aromatic N) is 1. The number of rotatable bonds is 19. The maximum Gasteiger partial charge on any atom is 0.376 e. The monoisotopic (exact) mass is 414 g/mol. The molecule has 0 aromatic heterocycles. The highest BCUT2D eigenvalue weighted by molar-refractivity contribution is 7.38. The minimum atomic E-state index is -2.43. The molecule has 0 aliphatic heterocycles. The van der Waals surface area contributed by atoms with E-state index in [9.17, 15) is 9.46 Å². The molecule has 166 valence electrons. The van der Waals surface area contributed by atoms with Crippen molar-refractivity contribution in [2.45, 2.75) is 122 Å². The van der Waals surface area contributed by atoms with Crippen molar-refractivity contribution in [3.05, 3.63) is 12.2 Å². The molecular weight excluding hydrogens is 365 g/mol. The van der Waals surface area contributed by atoms with Gasteiger partial charge in [0.25, 0.3) is 5.28 Å². The summed E-state index contributed by atoms with van der Waals surface area (Å²) in [6, 6.07) is 0. The smallest absolute Gasteiger partial charge is 0.376 e. The zero-order chi connectivity index (χ0) is 21.3. The van der Waals surface area contributed by atoms with Crippen LogP contribution in [-0.2, 0) is 4.57 Å². The van der Waals surface area contributed by atoms with Gasteiger partial charge in [-0.25, -0.2) is 0 Å². The lowest BCUT2D eigenvalue weighted by Gasteiger charge is -2.39. The van der Waals surface area contributed by atoms with Crippen LogP contribution in [0.2, 0.25) is 0 Å². The molecule has 0 aliphatic rings. The van der Waals surface area contributed by atoms with Gasteiger partial charge in [0.15, 0.2) is 0 Å². The van der Waals surface area contributed by atoms with Crippen LogP contribution < -0.4 is 4.89 Å². The Kier molecular flexibility index (Phi) is 16.4. The second kappa shape index (κ2) is 16.5. The van der Waals surface area contributed by atoms with Crippen LogP contribution >= 0.6 is 8.03 Å². The number of allylic oxidation sites excluding steroid dienone is 2. The van der Waals surface area contributed by atoms with Gasteiger partial charge in [0.2, 0.25) is 0 Å². The molecule has 0 aromatic carbocycles. The minimum absolute atomic E-state index is 0.508. The summed E-state index contributed by atoms with van der Waals surface area (Å²) in [6.45, 7) is 4.35. The highest BCUT2D eigenvalue weighted by atomic mass is 31.1. The average Bonchev–Trinajstić information content (AvgIpc) is 2.62. The summed E-state index contributed by atoms with van der Waals surface area (Å²) in [5.74, 6) is 0. The molecule has 0 radical (unpaired) electrons. The van der Waals surface area contributed by atoms with Gasteiger partial charge in [-0.15, -0.1) is 0 Å². The number of quaternary nitrogens is 1. The summed E-state index contributed by atoms with van der Waals surface area (Å²) in [6.07, 6.45) is 23.9. The number of hydrogen-bond acceptors (Lipinski definition) is 2. The van der Waals surface area contributed by atoms with Crippen molar-refractivity contribution in [1.82, 2.24) is 0 Å². The lowest BCUT2D eigenvalue weighted by atomic mass is 10.00. The van der Waals surface area contributed by atoms with Gasteiger partial charge in [-0.05, 0) is 38.5 Å². The molecule has 28 heavy (non-hydrogen) atoms. The Morgan fingerprint density at radius 3 is 1.61 bits per heavy atom. The van der Waals surface area contributed by atoms with Crippen LogP contribution in [0.3, 0.4) is 0 Å². The van der Waals surface area contributed by atoms with Crippen molar-refractivity contribution >= 4 is 8.03 Å². The van der Waals surface area contributed by atoms with Crippen LogP contribution in [-0.4, -0.2) is 30.9 Å². The Bertz CT molecular complexity index is 417. The maximum absolute atomic E-state index is 12.0. The summed E-state index contributed by atoms with van der Waals surface area (Å²) in [5.41, 5.74) is 0. The van der Waals surface area contributed by atoms with Crippen LogP contribution in [0.4, 0.5) is 0 Å². The molecule has 0 saturated heterocycles. The summed E-state index contributed by atoms with van der Waals surface area (Å²) >= 11 is 0. The fourth-order valence-corrected chi connectivity index (χ4v) is 5.34. The molecule has 0 fully saturated rings. The predicted molar refractivity (Wildman–Crippen MR) is 123 cm³/mol. The van der Waals surface area contributed by atoms with E-state index in [1.165, 1.54) is 64.2 Å². The van der Waals surface area contributed by atoms with Crippen molar-refractivity contribution in [2.24, 2.45) is 0 Å². The van der Waals surface area contributed by atoms with E-state index >= 15 is 0 Å². The molecule has 0 spiro atoms. The number of unbranched alkanes of at least 4 members (excludes halogenated alkanes) is 11. The molecule has 2 atom stereocenters. The van der Waals surface area contributed by atoms with Gasteiger partial charge in [-0.1, -0.05) is 81.9 Å². The van der Waals surface area contributed by atoms with Gasteiger partial charge in [-0.3, -0.25) is 4.48 Å².